The van der Waals surface area contributed by atoms with Gasteiger partial charge >= 0.3 is 0 Å². The number of halogens is 1. The molecule has 0 saturated heterocycles. The predicted octanol–water partition coefficient (Wildman–Crippen LogP) is 4.64. The highest BCUT2D eigenvalue weighted by Crippen LogP contribution is 2.35. The standard InChI is InChI=1S/C27H25FN4O5S/c1-3-17-15-21-23(26(33)30-2)24(18-9-11-20(28)12-10-18)37-27(21)31-25(17)32-38(34,35)14-6-13-36-22-8-5-4-7-19(22)16-29/h4-5,7-12,15H,3,6,13-14H2,1-2H3,(H,30,33)(H,31,32). The molecule has 0 aliphatic heterocycles. The van der Waals surface area contributed by atoms with Crippen molar-refractivity contribution in [2.24, 2.45) is 0 Å². The van der Waals surface area contributed by atoms with Crippen LogP contribution in [0.3, 0.4) is 0 Å². The number of aromatic nitrogens is 1. The van der Waals surface area contributed by atoms with E-state index in [4.69, 9.17) is 14.4 Å². The van der Waals surface area contributed by atoms with E-state index in [-0.39, 0.29) is 41.6 Å². The molecule has 2 heterocycles. The van der Waals surface area contributed by atoms with Crippen LogP contribution in [0.2, 0.25) is 0 Å². The van der Waals surface area contributed by atoms with Gasteiger partial charge in [-0.05, 0) is 60.9 Å². The highest BCUT2D eigenvalue weighted by atomic mass is 32.2. The van der Waals surface area contributed by atoms with Gasteiger partial charge in [-0.1, -0.05) is 19.1 Å². The van der Waals surface area contributed by atoms with Gasteiger partial charge in [0, 0.05) is 12.6 Å². The fourth-order valence-electron chi connectivity index (χ4n) is 3.89. The number of furan rings is 1. The van der Waals surface area contributed by atoms with Crippen LogP contribution < -0.4 is 14.8 Å². The van der Waals surface area contributed by atoms with E-state index >= 15 is 0 Å². The number of nitriles is 1. The quantitative estimate of drug-likeness (QED) is 0.282. The van der Waals surface area contributed by atoms with Crippen molar-refractivity contribution in [3.8, 4) is 23.1 Å². The number of benzene rings is 2. The van der Waals surface area contributed by atoms with Gasteiger partial charge in [-0.15, -0.1) is 0 Å². The number of nitrogens with one attached hydrogen (secondary N) is 2. The van der Waals surface area contributed by atoms with E-state index in [1.54, 1.807) is 30.3 Å². The molecule has 2 aromatic carbocycles. The number of amides is 1. The molecule has 4 rings (SSSR count). The molecule has 1 amide bonds. The summed E-state index contributed by atoms with van der Waals surface area (Å²) in [7, 11) is -2.33. The van der Waals surface area contributed by atoms with Crippen LogP contribution in [0.25, 0.3) is 22.4 Å². The third kappa shape index (κ3) is 5.76. The van der Waals surface area contributed by atoms with Crippen LogP contribution in [-0.4, -0.2) is 38.7 Å². The molecule has 9 nitrogen and oxygen atoms in total. The summed E-state index contributed by atoms with van der Waals surface area (Å²) in [5.41, 5.74) is 1.70. The largest absolute Gasteiger partial charge is 0.492 e. The number of rotatable bonds is 10. The molecule has 2 aromatic heterocycles. The van der Waals surface area contributed by atoms with Crippen LogP contribution in [0.5, 0.6) is 5.75 Å². The number of para-hydroxylation sites is 1. The van der Waals surface area contributed by atoms with E-state index in [1.807, 2.05) is 13.0 Å². The van der Waals surface area contributed by atoms with Gasteiger partial charge in [0.15, 0.2) is 0 Å². The molecule has 196 valence electrons. The first-order valence-electron chi connectivity index (χ1n) is 11.8. The number of pyridine rings is 1. The third-order valence-corrected chi connectivity index (χ3v) is 7.11. The van der Waals surface area contributed by atoms with Crippen LogP contribution in [0.15, 0.2) is 59.0 Å². The van der Waals surface area contributed by atoms with Crippen molar-refractivity contribution in [2.45, 2.75) is 19.8 Å². The molecule has 38 heavy (non-hydrogen) atoms. The number of ether oxygens (including phenoxy) is 1. The van der Waals surface area contributed by atoms with Gasteiger partial charge in [-0.3, -0.25) is 9.52 Å². The van der Waals surface area contributed by atoms with Crippen LogP contribution in [0.1, 0.15) is 34.8 Å². The lowest BCUT2D eigenvalue weighted by molar-refractivity contribution is 0.0964. The number of fused-ring (bicyclic) bond motifs is 1. The zero-order valence-electron chi connectivity index (χ0n) is 20.7. The lowest BCUT2D eigenvalue weighted by Crippen LogP contribution is -2.20. The minimum absolute atomic E-state index is 0.0641. The zero-order chi connectivity index (χ0) is 27.3. The number of nitrogens with zero attached hydrogens (tertiary/aromatic N) is 2. The number of hydrogen-bond acceptors (Lipinski definition) is 7. The lowest BCUT2D eigenvalue weighted by Gasteiger charge is -2.12. The second-order valence-corrected chi connectivity index (χ2v) is 10.2. The fourth-order valence-corrected chi connectivity index (χ4v) is 4.96. The Morgan fingerprint density at radius 3 is 2.61 bits per heavy atom. The summed E-state index contributed by atoms with van der Waals surface area (Å²) in [6.45, 7) is 1.93. The minimum atomic E-state index is -3.81. The van der Waals surface area contributed by atoms with E-state index in [0.29, 0.717) is 34.2 Å². The molecule has 2 N–H and O–H groups in total. The van der Waals surface area contributed by atoms with E-state index in [0.717, 1.165) is 0 Å². The SMILES string of the molecule is CCc1cc2c(C(=O)NC)c(-c3ccc(F)cc3)oc2nc1NS(=O)(=O)CCCOc1ccccc1C#N. The van der Waals surface area contributed by atoms with E-state index in [9.17, 15) is 17.6 Å². The summed E-state index contributed by atoms with van der Waals surface area (Å²) in [6.07, 6.45) is 0.605. The first kappa shape index (κ1) is 26.6. The zero-order valence-corrected chi connectivity index (χ0v) is 21.6. The number of carbonyl (C=O) groups excluding carboxylic acids is 1. The number of anilines is 1. The van der Waals surface area contributed by atoms with Gasteiger partial charge in [-0.2, -0.15) is 10.2 Å². The summed E-state index contributed by atoms with van der Waals surface area (Å²) in [4.78, 5) is 17.1. The normalized spacial score (nSPS) is 11.2. The van der Waals surface area contributed by atoms with Crippen molar-refractivity contribution >= 4 is 32.8 Å². The van der Waals surface area contributed by atoms with Gasteiger partial charge in [-0.25, -0.2) is 12.8 Å². The summed E-state index contributed by atoms with van der Waals surface area (Å²) in [5, 5.41) is 12.1. The van der Waals surface area contributed by atoms with E-state index in [1.165, 1.54) is 31.3 Å². The van der Waals surface area contributed by atoms with Gasteiger partial charge in [0.2, 0.25) is 15.7 Å². The van der Waals surface area contributed by atoms with Gasteiger partial charge < -0.3 is 14.5 Å². The van der Waals surface area contributed by atoms with Crippen molar-refractivity contribution in [2.75, 3.05) is 24.1 Å². The Balaban J connectivity index is 1.58. The average Bonchev–Trinajstić information content (AvgIpc) is 3.28. The van der Waals surface area contributed by atoms with Crippen LogP contribution in [-0.2, 0) is 16.4 Å². The van der Waals surface area contributed by atoms with Crippen molar-refractivity contribution in [3.05, 3.63) is 77.1 Å². The van der Waals surface area contributed by atoms with Crippen molar-refractivity contribution in [1.82, 2.24) is 10.3 Å². The maximum absolute atomic E-state index is 13.5. The smallest absolute Gasteiger partial charge is 0.255 e. The molecule has 4 aromatic rings. The molecule has 0 aliphatic carbocycles. The Morgan fingerprint density at radius 2 is 1.92 bits per heavy atom. The first-order chi connectivity index (χ1) is 18.3. The van der Waals surface area contributed by atoms with Crippen molar-refractivity contribution in [3.63, 3.8) is 0 Å². The van der Waals surface area contributed by atoms with Crippen LogP contribution in [0, 0.1) is 17.1 Å². The second-order valence-electron chi connectivity index (χ2n) is 8.33. The van der Waals surface area contributed by atoms with Gasteiger partial charge in [0.25, 0.3) is 5.91 Å². The number of hydrogen-bond donors (Lipinski definition) is 2. The molecule has 0 aliphatic rings. The number of sulfonamides is 1. The lowest BCUT2D eigenvalue weighted by atomic mass is 10.0. The van der Waals surface area contributed by atoms with Gasteiger partial charge in [0.05, 0.1) is 28.9 Å². The van der Waals surface area contributed by atoms with Crippen LogP contribution >= 0.6 is 0 Å². The maximum Gasteiger partial charge on any atom is 0.255 e. The fraction of sp³-hybridized carbons (Fsp3) is 0.222. The Kier molecular flexibility index (Phi) is 7.93. The molecule has 11 heteroatoms. The topological polar surface area (TPSA) is 134 Å². The summed E-state index contributed by atoms with van der Waals surface area (Å²) >= 11 is 0. The van der Waals surface area contributed by atoms with Crippen molar-refractivity contribution in [1.29, 1.82) is 5.26 Å². The molecule has 0 fully saturated rings. The highest BCUT2D eigenvalue weighted by molar-refractivity contribution is 7.92. The summed E-state index contributed by atoms with van der Waals surface area (Å²) in [5.74, 6) is -0.412. The van der Waals surface area contributed by atoms with E-state index < -0.39 is 21.7 Å². The van der Waals surface area contributed by atoms with Crippen molar-refractivity contribution < 1.29 is 26.8 Å². The first-order valence-corrected chi connectivity index (χ1v) is 13.5. The van der Waals surface area contributed by atoms with Gasteiger partial charge in [0.1, 0.15) is 29.2 Å². The third-order valence-electron chi connectivity index (χ3n) is 5.78. The molecular weight excluding hydrogens is 511 g/mol. The molecular formula is C27H25FN4O5S. The van der Waals surface area contributed by atoms with Crippen LogP contribution in [0.4, 0.5) is 10.2 Å². The Hall–Kier alpha value is -4.43. The average molecular weight is 537 g/mol. The monoisotopic (exact) mass is 536 g/mol. The number of aryl methyl sites for hydroxylation is 1. The Labute approximate surface area is 219 Å². The van der Waals surface area contributed by atoms with E-state index in [2.05, 4.69) is 15.0 Å². The summed E-state index contributed by atoms with van der Waals surface area (Å²) < 4.78 is 53.1. The Morgan fingerprint density at radius 1 is 1.18 bits per heavy atom. The molecule has 0 bridgehead atoms. The maximum atomic E-state index is 13.5. The molecule has 0 unspecified atom stereocenters. The Bertz CT molecular complexity index is 1630. The second kappa shape index (κ2) is 11.3. The minimum Gasteiger partial charge on any atom is -0.492 e. The highest BCUT2D eigenvalue weighted by Gasteiger charge is 2.25. The molecule has 0 atom stereocenters. The number of carbonyl (C=O) groups is 1. The summed E-state index contributed by atoms with van der Waals surface area (Å²) in [6, 6.07) is 15.9. The molecule has 0 spiro atoms. The predicted molar refractivity (Wildman–Crippen MR) is 141 cm³/mol. The molecule has 0 saturated carbocycles. The molecule has 0 radical (unpaired) electrons.